The number of carbonyl (C=O) groups is 2. The van der Waals surface area contributed by atoms with Gasteiger partial charge in [0.2, 0.25) is 0 Å². The van der Waals surface area contributed by atoms with Crippen LogP contribution >= 0.6 is 0 Å². The highest BCUT2D eigenvalue weighted by Gasteiger charge is 2.41. The lowest BCUT2D eigenvalue weighted by atomic mass is 9.97. The molecular formula is C23H30N2O3. The normalized spacial score (nSPS) is 18.4. The Hall–Kier alpha value is -2.56. The summed E-state index contributed by atoms with van der Waals surface area (Å²) in [6.07, 6.45) is 3.65. The number of carbonyl (C=O) groups excluding carboxylic acids is 2. The van der Waals surface area contributed by atoms with Crippen molar-refractivity contribution in [2.75, 3.05) is 26.2 Å². The van der Waals surface area contributed by atoms with Crippen LogP contribution in [-0.4, -0.2) is 47.9 Å². The van der Waals surface area contributed by atoms with Crippen molar-refractivity contribution in [2.24, 2.45) is 11.8 Å². The Bertz CT molecular complexity index is 772. The molecule has 2 heterocycles. The maximum absolute atomic E-state index is 13.1. The van der Waals surface area contributed by atoms with Gasteiger partial charge in [0.15, 0.2) is 0 Å². The Labute approximate surface area is 167 Å². The summed E-state index contributed by atoms with van der Waals surface area (Å²) in [7, 11) is 0. The number of imide groups is 1. The van der Waals surface area contributed by atoms with Crippen molar-refractivity contribution in [3.05, 3.63) is 48.2 Å². The van der Waals surface area contributed by atoms with Gasteiger partial charge in [0.25, 0.3) is 11.8 Å². The quantitative estimate of drug-likeness (QED) is 0.533. The molecule has 0 aliphatic carbocycles. The van der Waals surface area contributed by atoms with Crippen LogP contribution in [0.4, 0.5) is 0 Å². The van der Waals surface area contributed by atoms with Gasteiger partial charge in [-0.2, -0.15) is 0 Å². The summed E-state index contributed by atoms with van der Waals surface area (Å²) in [5.74, 6) is 1.40. The molecular weight excluding hydrogens is 352 g/mol. The molecule has 1 aromatic rings. The molecule has 5 nitrogen and oxygen atoms in total. The number of likely N-dealkylation sites (tertiary alicyclic amines) is 1. The van der Waals surface area contributed by atoms with Gasteiger partial charge in [-0.25, -0.2) is 0 Å². The number of hydrogen-bond donors (Lipinski definition) is 0. The molecule has 28 heavy (non-hydrogen) atoms. The first-order valence-corrected chi connectivity index (χ1v) is 10.1. The fraction of sp³-hybridized carbons (Fsp3) is 0.478. The molecule has 0 saturated carbocycles. The van der Waals surface area contributed by atoms with Crippen molar-refractivity contribution < 1.29 is 14.3 Å². The van der Waals surface area contributed by atoms with Crippen LogP contribution in [0.1, 0.15) is 39.2 Å². The predicted octanol–water partition coefficient (Wildman–Crippen LogP) is 3.72. The van der Waals surface area contributed by atoms with Crippen LogP contribution in [0.15, 0.2) is 42.6 Å². The Kier molecular flexibility index (Phi) is 6.22. The lowest BCUT2D eigenvalue weighted by Gasteiger charge is -2.32. The van der Waals surface area contributed by atoms with E-state index in [0.29, 0.717) is 29.7 Å². The molecule has 0 N–H and O–H groups in total. The van der Waals surface area contributed by atoms with Gasteiger partial charge in [0.05, 0.1) is 12.2 Å². The van der Waals surface area contributed by atoms with Crippen molar-refractivity contribution >= 4 is 17.4 Å². The van der Waals surface area contributed by atoms with Crippen molar-refractivity contribution in [2.45, 2.75) is 33.6 Å². The van der Waals surface area contributed by atoms with Crippen molar-refractivity contribution in [3.63, 3.8) is 0 Å². The van der Waals surface area contributed by atoms with E-state index >= 15 is 0 Å². The van der Waals surface area contributed by atoms with Crippen LogP contribution in [0, 0.1) is 11.8 Å². The number of ether oxygens (including phenoxy) is 1. The first kappa shape index (κ1) is 20.2. The molecule has 1 aromatic carbocycles. The molecule has 0 atom stereocenters. The third-order valence-electron chi connectivity index (χ3n) is 5.28. The lowest BCUT2D eigenvalue weighted by molar-refractivity contribution is -0.137. The smallest absolute Gasteiger partial charge is 0.278 e. The first-order chi connectivity index (χ1) is 13.4. The third-order valence-corrected chi connectivity index (χ3v) is 5.28. The largest absolute Gasteiger partial charge is 0.493 e. The molecule has 0 spiro atoms. The van der Waals surface area contributed by atoms with Crippen LogP contribution in [0.25, 0.3) is 5.57 Å². The predicted molar refractivity (Wildman–Crippen MR) is 111 cm³/mol. The second-order valence-electron chi connectivity index (χ2n) is 8.13. The summed E-state index contributed by atoms with van der Waals surface area (Å²) in [6.45, 7) is 12.6. The second-order valence-corrected chi connectivity index (χ2v) is 8.13. The van der Waals surface area contributed by atoms with Crippen molar-refractivity contribution in [3.8, 4) is 5.75 Å². The fourth-order valence-electron chi connectivity index (χ4n) is 3.62. The van der Waals surface area contributed by atoms with E-state index in [2.05, 4.69) is 32.3 Å². The van der Waals surface area contributed by atoms with Crippen LogP contribution in [0.3, 0.4) is 0 Å². The van der Waals surface area contributed by atoms with Gasteiger partial charge in [-0.05, 0) is 42.4 Å². The molecule has 0 aromatic heterocycles. The van der Waals surface area contributed by atoms with Gasteiger partial charge in [0.1, 0.15) is 11.4 Å². The summed E-state index contributed by atoms with van der Waals surface area (Å²) >= 11 is 0. The standard InChI is InChI=1S/C23H30N2O3/c1-5-12-25-22(26)20(18-6-8-19(9-7-18)28-15-16(2)3)21(23(25)27)24-13-10-17(4)11-14-24/h5-9,16-17H,1,10-15H2,2-4H3. The lowest BCUT2D eigenvalue weighted by Crippen LogP contribution is -2.38. The molecule has 0 bridgehead atoms. The van der Waals surface area contributed by atoms with Crippen molar-refractivity contribution in [1.29, 1.82) is 0 Å². The molecule has 3 rings (SSSR count). The fourth-order valence-corrected chi connectivity index (χ4v) is 3.62. The Balaban J connectivity index is 1.93. The van der Waals surface area contributed by atoms with Crippen molar-refractivity contribution in [1.82, 2.24) is 9.80 Å². The zero-order chi connectivity index (χ0) is 20.3. The van der Waals surface area contributed by atoms with Crippen LogP contribution < -0.4 is 4.74 Å². The molecule has 2 aliphatic heterocycles. The van der Waals surface area contributed by atoms with Gasteiger partial charge in [-0.3, -0.25) is 14.5 Å². The average Bonchev–Trinajstić information content (AvgIpc) is 2.92. The highest BCUT2D eigenvalue weighted by atomic mass is 16.5. The monoisotopic (exact) mass is 382 g/mol. The molecule has 2 aliphatic rings. The van der Waals surface area contributed by atoms with E-state index in [1.165, 1.54) is 4.90 Å². The van der Waals surface area contributed by atoms with E-state index in [0.717, 1.165) is 37.2 Å². The minimum Gasteiger partial charge on any atom is -0.493 e. The number of nitrogens with zero attached hydrogens (tertiary/aromatic N) is 2. The number of benzene rings is 1. The number of rotatable bonds is 7. The topological polar surface area (TPSA) is 49.9 Å². The van der Waals surface area contributed by atoms with E-state index < -0.39 is 0 Å². The Morgan fingerprint density at radius 2 is 1.79 bits per heavy atom. The number of amides is 2. The number of piperidine rings is 1. The van der Waals surface area contributed by atoms with E-state index in [1.54, 1.807) is 6.08 Å². The average molecular weight is 383 g/mol. The van der Waals surface area contributed by atoms with E-state index in [4.69, 9.17) is 4.74 Å². The molecule has 2 amide bonds. The van der Waals surface area contributed by atoms with Gasteiger partial charge >= 0.3 is 0 Å². The highest BCUT2D eigenvalue weighted by Crippen LogP contribution is 2.34. The summed E-state index contributed by atoms with van der Waals surface area (Å²) in [5.41, 5.74) is 1.79. The van der Waals surface area contributed by atoms with Crippen LogP contribution in [0.5, 0.6) is 5.75 Å². The van der Waals surface area contributed by atoms with E-state index in [1.807, 2.05) is 24.3 Å². The maximum atomic E-state index is 13.1. The van der Waals surface area contributed by atoms with Gasteiger partial charge in [-0.15, -0.1) is 6.58 Å². The second kappa shape index (κ2) is 8.63. The molecule has 0 radical (unpaired) electrons. The molecule has 0 unspecified atom stereocenters. The minimum absolute atomic E-state index is 0.213. The van der Waals surface area contributed by atoms with Crippen LogP contribution in [0.2, 0.25) is 0 Å². The zero-order valence-corrected chi connectivity index (χ0v) is 17.1. The minimum atomic E-state index is -0.241. The maximum Gasteiger partial charge on any atom is 0.278 e. The van der Waals surface area contributed by atoms with Gasteiger partial charge < -0.3 is 9.64 Å². The highest BCUT2D eigenvalue weighted by molar-refractivity contribution is 6.35. The third kappa shape index (κ3) is 4.13. The molecule has 1 saturated heterocycles. The summed E-state index contributed by atoms with van der Waals surface area (Å²) < 4.78 is 5.75. The number of hydrogen-bond acceptors (Lipinski definition) is 4. The zero-order valence-electron chi connectivity index (χ0n) is 17.1. The summed E-state index contributed by atoms with van der Waals surface area (Å²) in [6, 6.07) is 7.49. The van der Waals surface area contributed by atoms with Gasteiger partial charge in [-0.1, -0.05) is 39.0 Å². The Morgan fingerprint density at radius 3 is 2.36 bits per heavy atom. The molecule has 150 valence electrons. The molecule has 1 fully saturated rings. The van der Waals surface area contributed by atoms with Gasteiger partial charge in [0, 0.05) is 19.6 Å². The van der Waals surface area contributed by atoms with E-state index in [-0.39, 0.29) is 18.4 Å². The molecule has 5 heteroatoms. The van der Waals surface area contributed by atoms with Crippen LogP contribution in [-0.2, 0) is 9.59 Å². The van der Waals surface area contributed by atoms with E-state index in [9.17, 15) is 9.59 Å². The summed E-state index contributed by atoms with van der Waals surface area (Å²) in [4.78, 5) is 29.5. The first-order valence-electron chi connectivity index (χ1n) is 10.1. The Morgan fingerprint density at radius 1 is 1.14 bits per heavy atom. The SMILES string of the molecule is C=CCN1C(=O)C(c2ccc(OCC(C)C)cc2)=C(N2CCC(C)CC2)C1=O. The summed E-state index contributed by atoms with van der Waals surface area (Å²) in [5, 5.41) is 0.